The number of amides is 2. The van der Waals surface area contributed by atoms with E-state index in [9.17, 15) is 24.7 Å². The molecule has 2 aromatic carbocycles. The fraction of sp³-hybridized carbons (Fsp3) is 0.651. The van der Waals surface area contributed by atoms with E-state index in [0.717, 1.165) is 30.3 Å². The summed E-state index contributed by atoms with van der Waals surface area (Å²) in [4.78, 5) is 39.5. The number of ether oxygens (including phenoxy) is 4. The molecule has 2 N–H and O–H groups in total. The first kappa shape index (κ1) is 45.8. The number of nitrogens with zero attached hydrogens (tertiary/aromatic N) is 3. The first-order chi connectivity index (χ1) is 25.2. The maximum atomic E-state index is 12.5. The fourth-order valence-corrected chi connectivity index (χ4v) is 7.37. The van der Waals surface area contributed by atoms with Gasteiger partial charge in [0.15, 0.2) is 0 Å². The van der Waals surface area contributed by atoms with Crippen LogP contribution < -0.4 is 0 Å². The molecule has 0 unspecified atom stereocenters. The molecular formula is C43H67N3O9. The highest BCUT2D eigenvalue weighted by Gasteiger charge is 2.53. The number of benzene rings is 2. The maximum absolute atomic E-state index is 12.5. The van der Waals surface area contributed by atoms with Crippen molar-refractivity contribution in [3.8, 4) is 0 Å². The zero-order valence-corrected chi connectivity index (χ0v) is 35.6. The van der Waals surface area contributed by atoms with Gasteiger partial charge in [-0.2, -0.15) is 5.06 Å². The second-order valence-corrected chi connectivity index (χ2v) is 18.7. The lowest BCUT2D eigenvalue weighted by atomic mass is 9.82. The molecule has 0 bridgehead atoms. The van der Waals surface area contributed by atoms with Gasteiger partial charge in [-0.05, 0) is 127 Å². The van der Waals surface area contributed by atoms with E-state index < -0.39 is 53.0 Å². The highest BCUT2D eigenvalue weighted by atomic mass is 16.6. The number of aliphatic hydroxyl groups excluding tert-OH is 1. The van der Waals surface area contributed by atoms with E-state index in [0.29, 0.717) is 0 Å². The number of hydrogen-bond acceptors (Lipinski definition) is 10. The highest BCUT2D eigenvalue weighted by molar-refractivity contribution is 5.76. The van der Waals surface area contributed by atoms with E-state index in [2.05, 4.69) is 27.7 Å². The fourth-order valence-electron chi connectivity index (χ4n) is 7.37. The molecule has 2 aromatic rings. The second kappa shape index (κ2) is 17.3. The van der Waals surface area contributed by atoms with Crippen LogP contribution in [0.25, 0.3) is 0 Å². The molecule has 3 heterocycles. The van der Waals surface area contributed by atoms with Crippen molar-refractivity contribution >= 4 is 18.5 Å². The molecule has 5 rings (SSSR count). The molecule has 12 heteroatoms. The Morgan fingerprint density at radius 1 is 0.709 bits per heavy atom. The van der Waals surface area contributed by atoms with Gasteiger partial charge in [-0.3, -0.25) is 9.80 Å². The first-order valence-corrected chi connectivity index (χ1v) is 19.2. The third-order valence-corrected chi connectivity index (χ3v) is 9.77. The van der Waals surface area contributed by atoms with Crippen LogP contribution in [0, 0.1) is 0 Å². The molecule has 55 heavy (non-hydrogen) atoms. The minimum Gasteiger partial charge on any atom is -0.444 e. The molecule has 12 nitrogen and oxygen atoms in total. The van der Waals surface area contributed by atoms with Crippen LogP contribution in [-0.4, -0.2) is 96.1 Å². The van der Waals surface area contributed by atoms with Crippen molar-refractivity contribution in [2.24, 2.45) is 0 Å². The van der Waals surface area contributed by atoms with Gasteiger partial charge < -0.3 is 34.1 Å². The van der Waals surface area contributed by atoms with Crippen LogP contribution in [-0.2, 0) is 23.7 Å². The third-order valence-electron chi connectivity index (χ3n) is 9.77. The molecule has 4 atom stereocenters. The van der Waals surface area contributed by atoms with Gasteiger partial charge in [0, 0.05) is 11.1 Å². The smallest absolute Gasteiger partial charge is 0.413 e. The molecule has 3 saturated heterocycles. The SMILES string of the molecule is CC(C)(C)OC(=O)N1[C@H](C=O)[C@@H](c2ccccc2)OC1(C)C.CC(C)(C)OC(=O)N1[C@H](CO)[C@@H](c2ccccc2)OC1(C)C.CC1(C)CCCC(C)(C)N1O. The van der Waals surface area contributed by atoms with Gasteiger partial charge in [0.1, 0.15) is 47.2 Å². The van der Waals surface area contributed by atoms with Gasteiger partial charge in [-0.1, -0.05) is 60.7 Å². The van der Waals surface area contributed by atoms with Crippen LogP contribution in [0.1, 0.15) is 140 Å². The van der Waals surface area contributed by atoms with Crippen LogP contribution in [0.3, 0.4) is 0 Å². The summed E-state index contributed by atoms with van der Waals surface area (Å²) in [6, 6.07) is 17.8. The average Bonchev–Trinajstić information content (AvgIpc) is 3.51. The molecule has 0 saturated carbocycles. The lowest BCUT2D eigenvalue weighted by molar-refractivity contribution is -0.241. The van der Waals surface area contributed by atoms with Crippen molar-refractivity contribution in [1.29, 1.82) is 0 Å². The summed E-state index contributed by atoms with van der Waals surface area (Å²) in [5.41, 5.74) is -1.29. The Labute approximate surface area is 329 Å². The summed E-state index contributed by atoms with van der Waals surface area (Å²) < 4.78 is 22.9. The normalized spacial score (nSPS) is 25.5. The van der Waals surface area contributed by atoms with E-state index in [1.807, 2.05) is 95.3 Å². The maximum Gasteiger partial charge on any atom is 0.413 e. The van der Waals surface area contributed by atoms with Crippen LogP contribution in [0.5, 0.6) is 0 Å². The predicted octanol–water partition coefficient (Wildman–Crippen LogP) is 8.81. The van der Waals surface area contributed by atoms with Gasteiger partial charge in [-0.15, -0.1) is 0 Å². The van der Waals surface area contributed by atoms with Crippen LogP contribution in [0.4, 0.5) is 9.59 Å². The monoisotopic (exact) mass is 769 g/mol. The van der Waals surface area contributed by atoms with E-state index in [4.69, 9.17) is 18.9 Å². The molecule has 0 aliphatic carbocycles. The topological polar surface area (TPSA) is 138 Å². The summed E-state index contributed by atoms with van der Waals surface area (Å²) in [5, 5.41) is 21.1. The van der Waals surface area contributed by atoms with E-state index in [1.165, 1.54) is 21.3 Å². The van der Waals surface area contributed by atoms with E-state index in [-0.39, 0.29) is 23.8 Å². The van der Waals surface area contributed by atoms with Crippen molar-refractivity contribution < 1.29 is 43.6 Å². The average molecular weight is 770 g/mol. The minimum absolute atomic E-state index is 0.0399. The molecule has 2 amide bonds. The van der Waals surface area contributed by atoms with Crippen molar-refractivity contribution in [3.05, 3.63) is 71.8 Å². The van der Waals surface area contributed by atoms with Crippen molar-refractivity contribution in [3.63, 3.8) is 0 Å². The van der Waals surface area contributed by atoms with Gasteiger partial charge in [-0.25, -0.2) is 9.59 Å². The second-order valence-electron chi connectivity index (χ2n) is 18.7. The Hall–Kier alpha value is -3.55. The number of rotatable bonds is 4. The molecule has 0 radical (unpaired) electrons. The number of aliphatic hydroxyl groups is 1. The van der Waals surface area contributed by atoms with Gasteiger partial charge >= 0.3 is 12.2 Å². The molecule has 0 aromatic heterocycles. The largest absolute Gasteiger partial charge is 0.444 e. The zero-order valence-electron chi connectivity index (χ0n) is 35.6. The van der Waals surface area contributed by atoms with Crippen molar-refractivity contribution in [1.82, 2.24) is 14.9 Å². The van der Waals surface area contributed by atoms with Gasteiger partial charge in [0.2, 0.25) is 0 Å². The summed E-state index contributed by atoms with van der Waals surface area (Å²) in [5.74, 6) is 0. The molecule has 3 aliphatic heterocycles. The Morgan fingerprint density at radius 3 is 1.47 bits per heavy atom. The third kappa shape index (κ3) is 11.7. The number of carbonyl (C=O) groups excluding carboxylic acids is 3. The van der Waals surface area contributed by atoms with Crippen molar-refractivity contribution in [2.45, 2.75) is 174 Å². The molecular weight excluding hydrogens is 702 g/mol. The number of piperidine rings is 1. The van der Waals surface area contributed by atoms with Crippen molar-refractivity contribution in [2.75, 3.05) is 6.61 Å². The summed E-state index contributed by atoms with van der Waals surface area (Å²) in [7, 11) is 0. The molecule has 3 fully saturated rings. The lowest BCUT2D eigenvalue weighted by Crippen LogP contribution is -2.56. The molecule has 0 spiro atoms. The molecule has 308 valence electrons. The number of hydroxylamine groups is 2. The summed E-state index contributed by atoms with van der Waals surface area (Å²) in [6.07, 6.45) is 2.24. The Morgan fingerprint density at radius 2 is 1.09 bits per heavy atom. The Bertz CT molecular complexity index is 1550. The highest BCUT2D eigenvalue weighted by Crippen LogP contribution is 2.43. The standard InChI is InChI=1S/C17H25NO4.C17H23NO4.C9H19NO/c2*1-16(2,3)22-15(20)18-13(11-19)14(21-17(18,4)5)12-9-7-6-8-10-12;1-8(2)6-5-7-9(3,4)10(8)11/h6-10,13-14,19H,11H2,1-5H3;6-11,13-14H,1-5H3;11H,5-7H2,1-4H3/t2*13-,14-;/m11./s1. The zero-order chi connectivity index (χ0) is 41.8. The van der Waals surface area contributed by atoms with Crippen LogP contribution in [0.2, 0.25) is 0 Å². The summed E-state index contributed by atoms with van der Waals surface area (Å²) >= 11 is 0. The Kier molecular flexibility index (Phi) is 14.4. The number of hydrogen-bond donors (Lipinski definition) is 2. The van der Waals surface area contributed by atoms with E-state index >= 15 is 0 Å². The van der Waals surface area contributed by atoms with Crippen LogP contribution >= 0.6 is 0 Å². The number of carbonyl (C=O) groups is 3. The Balaban J connectivity index is 0.000000234. The van der Waals surface area contributed by atoms with Gasteiger partial charge in [0.25, 0.3) is 0 Å². The quantitative estimate of drug-likeness (QED) is 0.290. The van der Waals surface area contributed by atoms with Gasteiger partial charge in [0.05, 0.1) is 12.6 Å². The predicted molar refractivity (Wildman–Crippen MR) is 211 cm³/mol. The van der Waals surface area contributed by atoms with E-state index in [1.54, 1.807) is 34.6 Å². The first-order valence-electron chi connectivity index (χ1n) is 19.2. The lowest BCUT2D eigenvalue weighted by Gasteiger charge is -2.48. The summed E-state index contributed by atoms with van der Waals surface area (Å²) in [6.45, 7) is 26.1. The van der Waals surface area contributed by atoms with Crippen LogP contribution in [0.15, 0.2) is 60.7 Å². The minimum atomic E-state index is -0.922. The molecule has 3 aliphatic rings. The number of aldehydes is 1.